The van der Waals surface area contributed by atoms with Crippen LogP contribution in [0.25, 0.3) is 0 Å². The number of hydrogen-bond donors (Lipinski definition) is 2. The third-order valence-corrected chi connectivity index (χ3v) is 8.79. The van der Waals surface area contributed by atoms with Crippen LogP contribution in [0.4, 0.5) is 0 Å². The van der Waals surface area contributed by atoms with Gasteiger partial charge in [-0.15, -0.1) is 0 Å². The van der Waals surface area contributed by atoms with Crippen LogP contribution in [0.5, 0.6) is 0 Å². The summed E-state index contributed by atoms with van der Waals surface area (Å²) >= 11 is 0. The van der Waals surface area contributed by atoms with Gasteiger partial charge in [-0.05, 0) is 70.8 Å². The average molecular weight is 590 g/mol. The van der Waals surface area contributed by atoms with Crippen molar-refractivity contribution in [2.75, 3.05) is 26.7 Å². The first-order valence-electron chi connectivity index (χ1n) is 16.2. The summed E-state index contributed by atoms with van der Waals surface area (Å²) in [6, 6.07) is -1.52. The zero-order valence-electron chi connectivity index (χ0n) is 28.1. The summed E-state index contributed by atoms with van der Waals surface area (Å²) in [4.78, 5) is 59.6. The third kappa shape index (κ3) is 9.29. The fourth-order valence-corrected chi connectivity index (χ4v) is 6.19. The van der Waals surface area contributed by atoms with Gasteiger partial charge in [0, 0.05) is 31.8 Å². The highest BCUT2D eigenvalue weighted by Gasteiger charge is 2.40. The molecule has 9 heteroatoms. The number of nitrogens with one attached hydrogen (secondary N) is 2. The molecule has 2 aliphatic heterocycles. The number of likely N-dealkylation sites (N-methyl/N-ethyl adjacent to an activating group) is 1. The number of carbonyl (C=O) groups is 4. The topological polar surface area (TPSA) is 102 Å². The Morgan fingerprint density at radius 3 is 2.17 bits per heavy atom. The standard InChI is InChI=1S/C33H59N5O4/c1-11-12-18-34-29(39)25-17-15-20-38(25)31(41)24(6)21-27(22(2)3)36(10)32(42)28(33(7,8)9)35-30(40)26-16-13-14-19-37(26)23(4)5/h21-23,25-28H,11-20H2,1-10H3,(H,34,39)(H,35,40)/t25-,26?,27+,28+/m0/s1. The third-order valence-electron chi connectivity index (χ3n) is 8.79. The molecule has 4 amide bonds. The van der Waals surface area contributed by atoms with Gasteiger partial charge in [0.2, 0.25) is 23.6 Å². The molecule has 0 aromatic carbocycles. The van der Waals surface area contributed by atoms with E-state index in [0.29, 0.717) is 25.1 Å². The van der Waals surface area contributed by atoms with E-state index in [1.807, 2.05) is 40.7 Å². The molecular weight excluding hydrogens is 530 g/mol. The van der Waals surface area contributed by atoms with E-state index in [0.717, 1.165) is 45.1 Å². The Bertz CT molecular complexity index is 970. The zero-order chi connectivity index (χ0) is 31.8. The van der Waals surface area contributed by atoms with E-state index in [2.05, 4.69) is 36.3 Å². The number of rotatable bonds is 12. The van der Waals surface area contributed by atoms with Crippen LogP contribution in [0.15, 0.2) is 11.6 Å². The van der Waals surface area contributed by atoms with Crippen LogP contribution in [-0.4, -0.2) is 95.2 Å². The summed E-state index contributed by atoms with van der Waals surface area (Å²) in [5, 5.41) is 6.11. The summed E-state index contributed by atoms with van der Waals surface area (Å²) in [6.07, 6.45) is 8.08. The second-order valence-corrected chi connectivity index (χ2v) is 14.0. The molecule has 1 unspecified atom stereocenters. The van der Waals surface area contributed by atoms with Crippen LogP contribution in [-0.2, 0) is 19.2 Å². The molecule has 0 saturated carbocycles. The van der Waals surface area contributed by atoms with Gasteiger partial charge in [-0.1, -0.05) is 60.5 Å². The molecule has 2 aliphatic rings. The smallest absolute Gasteiger partial charge is 0.249 e. The number of hydrogen-bond acceptors (Lipinski definition) is 5. The lowest BCUT2D eigenvalue weighted by molar-refractivity contribution is -0.142. The Balaban J connectivity index is 2.23. The van der Waals surface area contributed by atoms with Gasteiger partial charge in [0.1, 0.15) is 12.1 Å². The molecule has 9 nitrogen and oxygen atoms in total. The molecule has 0 aliphatic carbocycles. The van der Waals surface area contributed by atoms with E-state index in [9.17, 15) is 19.2 Å². The molecule has 240 valence electrons. The number of likely N-dealkylation sites (tertiary alicyclic amines) is 2. The molecule has 0 spiro atoms. The monoisotopic (exact) mass is 589 g/mol. The minimum absolute atomic E-state index is 0.0273. The number of amides is 4. The van der Waals surface area contributed by atoms with Gasteiger partial charge in [-0.25, -0.2) is 0 Å². The van der Waals surface area contributed by atoms with Gasteiger partial charge in [0.05, 0.1) is 12.1 Å². The van der Waals surface area contributed by atoms with Gasteiger partial charge in [-0.2, -0.15) is 0 Å². The second kappa shape index (κ2) is 15.9. The lowest BCUT2D eigenvalue weighted by Crippen LogP contribution is -2.60. The van der Waals surface area contributed by atoms with Crippen molar-refractivity contribution in [1.82, 2.24) is 25.3 Å². The van der Waals surface area contributed by atoms with Crippen molar-refractivity contribution in [1.29, 1.82) is 0 Å². The largest absolute Gasteiger partial charge is 0.354 e. The van der Waals surface area contributed by atoms with Gasteiger partial charge < -0.3 is 20.4 Å². The number of nitrogens with zero attached hydrogens (tertiary/aromatic N) is 3. The highest BCUT2D eigenvalue weighted by molar-refractivity contribution is 5.97. The first-order chi connectivity index (χ1) is 19.6. The number of carbonyl (C=O) groups excluding carboxylic acids is 4. The fourth-order valence-electron chi connectivity index (χ4n) is 6.19. The molecule has 0 aromatic heterocycles. The molecule has 2 fully saturated rings. The van der Waals surface area contributed by atoms with Crippen LogP contribution in [0.2, 0.25) is 0 Å². The van der Waals surface area contributed by atoms with Gasteiger partial charge in [0.25, 0.3) is 0 Å². The predicted octanol–water partition coefficient (Wildman–Crippen LogP) is 4.12. The number of unbranched alkanes of at least 4 members (excludes halogenated alkanes) is 1. The lowest BCUT2D eigenvalue weighted by Gasteiger charge is -2.41. The molecule has 2 saturated heterocycles. The maximum absolute atomic E-state index is 14.1. The van der Waals surface area contributed by atoms with E-state index in [1.54, 1.807) is 23.8 Å². The maximum atomic E-state index is 14.1. The number of piperidine rings is 1. The minimum atomic E-state index is -0.716. The molecule has 2 heterocycles. The highest BCUT2D eigenvalue weighted by Crippen LogP contribution is 2.26. The highest BCUT2D eigenvalue weighted by atomic mass is 16.2. The average Bonchev–Trinajstić information content (AvgIpc) is 3.42. The van der Waals surface area contributed by atoms with Crippen molar-refractivity contribution in [2.45, 2.75) is 137 Å². The Morgan fingerprint density at radius 2 is 1.60 bits per heavy atom. The molecule has 0 bridgehead atoms. The Morgan fingerprint density at radius 1 is 0.952 bits per heavy atom. The van der Waals surface area contributed by atoms with E-state index >= 15 is 0 Å². The van der Waals surface area contributed by atoms with Crippen molar-refractivity contribution in [3.8, 4) is 0 Å². The van der Waals surface area contributed by atoms with Crippen LogP contribution < -0.4 is 10.6 Å². The minimum Gasteiger partial charge on any atom is -0.354 e. The molecule has 0 aromatic rings. The Kier molecular flexibility index (Phi) is 13.5. The lowest BCUT2D eigenvalue weighted by atomic mass is 9.84. The van der Waals surface area contributed by atoms with Crippen molar-refractivity contribution >= 4 is 23.6 Å². The first kappa shape index (κ1) is 35.8. The van der Waals surface area contributed by atoms with Crippen molar-refractivity contribution in [3.63, 3.8) is 0 Å². The van der Waals surface area contributed by atoms with Crippen LogP contribution in [0.3, 0.4) is 0 Å². The van der Waals surface area contributed by atoms with Crippen LogP contribution >= 0.6 is 0 Å². The molecule has 2 rings (SSSR count). The van der Waals surface area contributed by atoms with E-state index in [1.165, 1.54) is 0 Å². The summed E-state index contributed by atoms with van der Waals surface area (Å²) in [6.45, 7) is 20.1. The zero-order valence-corrected chi connectivity index (χ0v) is 28.1. The Hall–Kier alpha value is -2.42. The fraction of sp³-hybridized carbons (Fsp3) is 0.818. The van der Waals surface area contributed by atoms with E-state index < -0.39 is 17.5 Å². The van der Waals surface area contributed by atoms with Crippen molar-refractivity contribution < 1.29 is 19.2 Å². The van der Waals surface area contributed by atoms with Gasteiger partial charge in [-0.3, -0.25) is 24.1 Å². The van der Waals surface area contributed by atoms with Crippen LogP contribution in [0, 0.1) is 11.3 Å². The van der Waals surface area contributed by atoms with Gasteiger partial charge >= 0.3 is 0 Å². The second-order valence-electron chi connectivity index (χ2n) is 14.0. The molecule has 4 atom stereocenters. The molecule has 0 radical (unpaired) electrons. The summed E-state index contributed by atoms with van der Waals surface area (Å²) in [5.41, 5.74) is 0.00949. The summed E-state index contributed by atoms with van der Waals surface area (Å²) < 4.78 is 0. The van der Waals surface area contributed by atoms with Crippen LogP contribution in [0.1, 0.15) is 107 Å². The normalized spacial score (nSPS) is 21.8. The quantitative estimate of drug-likeness (QED) is 0.264. The maximum Gasteiger partial charge on any atom is 0.249 e. The molecule has 42 heavy (non-hydrogen) atoms. The molecule has 2 N–H and O–H groups in total. The first-order valence-corrected chi connectivity index (χ1v) is 16.2. The summed E-state index contributed by atoms with van der Waals surface area (Å²) in [7, 11) is 1.76. The van der Waals surface area contributed by atoms with Crippen molar-refractivity contribution in [3.05, 3.63) is 11.6 Å². The summed E-state index contributed by atoms with van der Waals surface area (Å²) in [5.74, 6) is -0.494. The van der Waals surface area contributed by atoms with E-state index in [-0.39, 0.29) is 47.7 Å². The Labute approximate surface area is 255 Å². The predicted molar refractivity (Wildman–Crippen MR) is 169 cm³/mol. The van der Waals surface area contributed by atoms with Gasteiger partial charge in [0.15, 0.2) is 0 Å². The van der Waals surface area contributed by atoms with Crippen molar-refractivity contribution in [2.24, 2.45) is 11.3 Å². The SMILES string of the molecule is CCCCNC(=O)[C@@H]1CCCN1C(=O)C(C)=C[C@H](C(C)C)N(C)C(=O)[C@@H](NC(=O)C1CCCCN1C(C)C)C(C)(C)C. The van der Waals surface area contributed by atoms with E-state index in [4.69, 9.17) is 0 Å². The molecular formula is C33H59N5O4.